The molecule has 4 rings (SSSR count). The van der Waals surface area contributed by atoms with Gasteiger partial charge in [-0.05, 0) is 60.5 Å². The minimum absolute atomic E-state index is 0.0279. The summed E-state index contributed by atoms with van der Waals surface area (Å²) in [5.74, 6) is -0.456. The summed E-state index contributed by atoms with van der Waals surface area (Å²) in [6, 6.07) is 13.3. The highest BCUT2D eigenvalue weighted by Crippen LogP contribution is 2.42. The molecular weight excluding hydrogens is 513 g/mol. The van der Waals surface area contributed by atoms with Crippen molar-refractivity contribution in [1.29, 1.82) is 0 Å². The quantitative estimate of drug-likeness (QED) is 0.210. The fraction of sp³-hybridized carbons (Fsp3) is 0.154. The van der Waals surface area contributed by atoms with Crippen LogP contribution >= 0.6 is 0 Å². The van der Waals surface area contributed by atoms with Gasteiger partial charge in [-0.1, -0.05) is 12.1 Å². The van der Waals surface area contributed by atoms with Crippen molar-refractivity contribution < 1.29 is 26.5 Å². The first-order valence-electron chi connectivity index (χ1n) is 11.4. The SMILES string of the molecule is CCOc1cc(Cc2cnc(N)nc2N)cc(OS(=O)(=O)c2ccc(OC)c(F)c2)c1-c1cccc(N)c1. The van der Waals surface area contributed by atoms with Crippen LogP contribution in [0.4, 0.5) is 21.8 Å². The molecule has 38 heavy (non-hydrogen) atoms. The average Bonchev–Trinajstić information content (AvgIpc) is 2.85. The van der Waals surface area contributed by atoms with Crippen molar-refractivity contribution >= 4 is 27.6 Å². The van der Waals surface area contributed by atoms with Crippen LogP contribution in [0.3, 0.4) is 0 Å². The monoisotopic (exact) mass is 539 g/mol. The number of hydrogen-bond acceptors (Lipinski definition) is 10. The van der Waals surface area contributed by atoms with E-state index in [0.717, 1.165) is 6.07 Å². The minimum atomic E-state index is -4.48. The highest BCUT2D eigenvalue weighted by molar-refractivity contribution is 7.87. The number of ether oxygens (including phenoxy) is 2. The number of halogens is 1. The van der Waals surface area contributed by atoms with Crippen LogP contribution in [-0.4, -0.2) is 32.1 Å². The normalized spacial score (nSPS) is 11.2. The Kier molecular flexibility index (Phi) is 7.53. The fourth-order valence-corrected chi connectivity index (χ4v) is 4.77. The Morgan fingerprint density at radius 1 is 0.974 bits per heavy atom. The van der Waals surface area contributed by atoms with E-state index in [4.69, 9.17) is 30.9 Å². The predicted molar refractivity (Wildman–Crippen MR) is 142 cm³/mol. The van der Waals surface area contributed by atoms with Gasteiger partial charge in [-0.25, -0.2) is 9.37 Å². The summed E-state index contributed by atoms with van der Waals surface area (Å²) in [6.45, 7) is 2.07. The van der Waals surface area contributed by atoms with E-state index in [1.165, 1.54) is 31.5 Å². The Balaban J connectivity index is 1.88. The second kappa shape index (κ2) is 10.8. The van der Waals surface area contributed by atoms with Crippen LogP contribution in [0.15, 0.2) is 65.7 Å². The molecule has 0 radical (unpaired) electrons. The smallest absolute Gasteiger partial charge is 0.339 e. The van der Waals surface area contributed by atoms with Crippen molar-refractivity contribution in [2.75, 3.05) is 30.9 Å². The van der Waals surface area contributed by atoms with E-state index >= 15 is 0 Å². The lowest BCUT2D eigenvalue weighted by Gasteiger charge is -2.18. The Hall–Kier alpha value is -4.58. The average molecular weight is 540 g/mol. The van der Waals surface area contributed by atoms with Crippen molar-refractivity contribution in [3.05, 3.63) is 77.7 Å². The van der Waals surface area contributed by atoms with Gasteiger partial charge in [-0.2, -0.15) is 13.4 Å². The summed E-state index contributed by atoms with van der Waals surface area (Å²) in [4.78, 5) is 7.56. The first-order chi connectivity index (χ1) is 18.1. The molecular formula is C26H26FN5O5S. The molecule has 0 spiro atoms. The third-order valence-electron chi connectivity index (χ3n) is 5.52. The number of methoxy groups -OCH3 is 1. The van der Waals surface area contributed by atoms with Gasteiger partial charge in [-0.3, -0.25) is 0 Å². The van der Waals surface area contributed by atoms with Gasteiger partial charge in [0.05, 0.1) is 19.3 Å². The third kappa shape index (κ3) is 5.70. The number of anilines is 3. The standard InChI is InChI=1S/C26H26FN5O5S/c1-3-36-22-10-15(9-17-14-31-26(30)32-25(17)29)11-23(24(22)16-5-4-6-18(28)12-16)37-38(33,34)19-7-8-21(35-2)20(27)13-19/h4-8,10-14H,3,9,28H2,1-2H3,(H4,29,30,31,32). The molecule has 0 aliphatic heterocycles. The second-order valence-electron chi connectivity index (χ2n) is 8.17. The number of nitrogens with zero attached hydrogens (tertiary/aromatic N) is 2. The molecule has 0 atom stereocenters. The van der Waals surface area contributed by atoms with Gasteiger partial charge in [-0.15, -0.1) is 0 Å². The van der Waals surface area contributed by atoms with Crippen molar-refractivity contribution in [3.8, 4) is 28.4 Å². The molecule has 6 N–H and O–H groups in total. The highest BCUT2D eigenvalue weighted by Gasteiger charge is 2.24. The molecule has 10 nitrogen and oxygen atoms in total. The zero-order valence-corrected chi connectivity index (χ0v) is 21.5. The molecule has 4 aromatic rings. The summed E-state index contributed by atoms with van der Waals surface area (Å²) >= 11 is 0. The summed E-state index contributed by atoms with van der Waals surface area (Å²) in [6.07, 6.45) is 1.71. The zero-order valence-electron chi connectivity index (χ0n) is 20.6. The van der Waals surface area contributed by atoms with Crippen molar-refractivity contribution in [2.24, 2.45) is 0 Å². The van der Waals surface area contributed by atoms with Gasteiger partial charge in [0.2, 0.25) is 5.95 Å². The van der Waals surface area contributed by atoms with Crippen LogP contribution in [-0.2, 0) is 16.5 Å². The Morgan fingerprint density at radius 3 is 2.39 bits per heavy atom. The number of rotatable bonds is 9. The number of aromatic nitrogens is 2. The molecule has 0 saturated heterocycles. The van der Waals surface area contributed by atoms with Gasteiger partial charge < -0.3 is 30.9 Å². The van der Waals surface area contributed by atoms with E-state index < -0.39 is 20.8 Å². The van der Waals surface area contributed by atoms with Crippen molar-refractivity contribution in [3.63, 3.8) is 0 Å². The van der Waals surface area contributed by atoms with Crippen molar-refractivity contribution in [2.45, 2.75) is 18.2 Å². The fourth-order valence-electron chi connectivity index (χ4n) is 3.82. The number of nitrogen functional groups attached to an aromatic ring is 3. The van der Waals surface area contributed by atoms with E-state index in [0.29, 0.717) is 33.7 Å². The summed E-state index contributed by atoms with van der Waals surface area (Å²) in [7, 11) is -3.21. The molecule has 12 heteroatoms. The molecule has 0 fully saturated rings. The molecule has 198 valence electrons. The van der Waals surface area contributed by atoms with E-state index in [9.17, 15) is 12.8 Å². The van der Waals surface area contributed by atoms with Gasteiger partial charge in [0.15, 0.2) is 17.3 Å². The molecule has 0 aliphatic rings. The zero-order chi connectivity index (χ0) is 27.4. The molecule has 1 heterocycles. The van der Waals surface area contributed by atoms with Crippen LogP contribution in [0.5, 0.6) is 17.2 Å². The molecule has 0 aliphatic carbocycles. The number of nitrogens with two attached hydrogens (primary N) is 3. The topological polar surface area (TPSA) is 166 Å². The maximum Gasteiger partial charge on any atom is 0.339 e. The minimum Gasteiger partial charge on any atom is -0.494 e. The molecule has 3 aromatic carbocycles. The van der Waals surface area contributed by atoms with Crippen LogP contribution in [0.25, 0.3) is 11.1 Å². The van der Waals surface area contributed by atoms with Crippen molar-refractivity contribution in [1.82, 2.24) is 9.97 Å². The summed E-state index contributed by atoms with van der Waals surface area (Å²) in [5.41, 5.74) is 20.1. The Labute approximate surface area is 219 Å². The van der Waals surface area contributed by atoms with E-state index in [-0.39, 0.29) is 36.3 Å². The summed E-state index contributed by atoms with van der Waals surface area (Å²) in [5, 5.41) is 0. The van der Waals surface area contributed by atoms with E-state index in [1.807, 2.05) is 0 Å². The largest absolute Gasteiger partial charge is 0.494 e. The maximum atomic E-state index is 14.3. The lowest BCUT2D eigenvalue weighted by molar-refractivity contribution is 0.340. The second-order valence-corrected chi connectivity index (χ2v) is 9.72. The van der Waals surface area contributed by atoms with Gasteiger partial charge >= 0.3 is 10.1 Å². The number of hydrogen-bond donors (Lipinski definition) is 3. The molecule has 0 unspecified atom stereocenters. The highest BCUT2D eigenvalue weighted by atomic mass is 32.2. The van der Waals surface area contributed by atoms with Gasteiger partial charge in [0, 0.05) is 23.9 Å². The van der Waals surface area contributed by atoms with Crippen LogP contribution in [0, 0.1) is 5.82 Å². The molecule has 0 bridgehead atoms. The Morgan fingerprint density at radius 2 is 1.74 bits per heavy atom. The van der Waals surface area contributed by atoms with Crippen LogP contribution in [0.2, 0.25) is 0 Å². The molecule has 1 aromatic heterocycles. The lowest BCUT2D eigenvalue weighted by Crippen LogP contribution is -2.12. The molecule has 0 saturated carbocycles. The third-order valence-corrected chi connectivity index (χ3v) is 6.75. The summed E-state index contributed by atoms with van der Waals surface area (Å²) < 4.78 is 57.3. The number of benzene rings is 3. The lowest BCUT2D eigenvalue weighted by atomic mass is 9.98. The predicted octanol–water partition coefficient (Wildman–Crippen LogP) is 3.80. The van der Waals surface area contributed by atoms with E-state index in [2.05, 4.69) is 9.97 Å². The first-order valence-corrected chi connectivity index (χ1v) is 12.8. The van der Waals surface area contributed by atoms with E-state index in [1.54, 1.807) is 37.3 Å². The molecule has 0 amide bonds. The Bertz CT molecular complexity index is 1600. The first kappa shape index (κ1) is 26.5. The van der Waals surface area contributed by atoms with Crippen LogP contribution in [0.1, 0.15) is 18.1 Å². The maximum absolute atomic E-state index is 14.3. The van der Waals surface area contributed by atoms with Gasteiger partial charge in [0.1, 0.15) is 16.5 Å². The van der Waals surface area contributed by atoms with Gasteiger partial charge in [0.25, 0.3) is 0 Å². The van der Waals surface area contributed by atoms with Crippen LogP contribution < -0.4 is 30.9 Å².